The molecule has 0 aliphatic carbocycles. The zero-order valence-corrected chi connectivity index (χ0v) is 9.64. The van der Waals surface area contributed by atoms with Crippen molar-refractivity contribution in [3.05, 3.63) is 34.6 Å². The van der Waals surface area contributed by atoms with Crippen LogP contribution >= 0.6 is 12.2 Å². The Bertz CT molecular complexity index is 507. The highest BCUT2D eigenvalue weighted by molar-refractivity contribution is 7.71. The number of H-pyrrole nitrogens is 1. The molecular weight excluding hydrogens is 206 g/mol. The first kappa shape index (κ1) is 10.1. The molecule has 0 atom stereocenters. The highest BCUT2D eigenvalue weighted by Crippen LogP contribution is 2.15. The van der Waals surface area contributed by atoms with Crippen molar-refractivity contribution >= 4 is 12.2 Å². The Kier molecular flexibility index (Phi) is 2.68. The molecule has 0 aliphatic rings. The van der Waals surface area contributed by atoms with Crippen molar-refractivity contribution in [2.75, 3.05) is 0 Å². The summed E-state index contributed by atoms with van der Waals surface area (Å²) in [6, 6.07) is 8.35. The molecule has 0 unspecified atom stereocenters. The molecule has 15 heavy (non-hydrogen) atoms. The minimum absolute atomic E-state index is 0.574. The molecule has 0 spiro atoms. The molecule has 0 fully saturated rings. The minimum Gasteiger partial charge on any atom is -0.279 e. The number of hydrogen-bond donors (Lipinski definition) is 1. The van der Waals surface area contributed by atoms with Gasteiger partial charge in [-0.2, -0.15) is 4.98 Å². The van der Waals surface area contributed by atoms with Crippen molar-refractivity contribution in [3.63, 3.8) is 0 Å². The fraction of sp³-hybridized carbons (Fsp3) is 0.273. The van der Waals surface area contributed by atoms with Gasteiger partial charge in [-0.05, 0) is 24.2 Å². The molecule has 78 valence electrons. The maximum atomic E-state index is 5.04. The Balaban J connectivity index is 2.41. The summed E-state index contributed by atoms with van der Waals surface area (Å²) in [5, 5.41) is 3.10. The second-order valence-corrected chi connectivity index (χ2v) is 3.83. The highest BCUT2D eigenvalue weighted by Gasteiger charge is 2.02. The summed E-state index contributed by atoms with van der Waals surface area (Å²) < 4.78 is 2.31. The van der Waals surface area contributed by atoms with Gasteiger partial charge in [-0.25, -0.2) is 0 Å². The number of aromatic nitrogens is 3. The molecule has 1 aromatic carbocycles. The number of aromatic amines is 1. The zero-order chi connectivity index (χ0) is 10.8. The normalized spacial score (nSPS) is 10.5. The third-order valence-electron chi connectivity index (χ3n) is 2.40. The Labute approximate surface area is 93.8 Å². The van der Waals surface area contributed by atoms with Crippen LogP contribution in [-0.2, 0) is 13.5 Å². The Morgan fingerprint density at radius 1 is 1.33 bits per heavy atom. The van der Waals surface area contributed by atoms with Gasteiger partial charge in [0.1, 0.15) is 0 Å². The molecule has 2 rings (SSSR count). The molecule has 0 aliphatic heterocycles. The molecule has 1 N–H and O–H groups in total. The predicted molar refractivity (Wildman–Crippen MR) is 63.2 cm³/mol. The minimum atomic E-state index is 0.574. The van der Waals surface area contributed by atoms with Gasteiger partial charge in [-0.1, -0.05) is 31.2 Å². The van der Waals surface area contributed by atoms with E-state index in [1.54, 1.807) is 4.68 Å². The summed E-state index contributed by atoms with van der Waals surface area (Å²) in [6.45, 7) is 2.14. The van der Waals surface area contributed by atoms with Gasteiger partial charge in [0.05, 0.1) is 0 Å². The molecule has 0 saturated carbocycles. The van der Waals surface area contributed by atoms with Gasteiger partial charge < -0.3 is 0 Å². The van der Waals surface area contributed by atoms with Gasteiger partial charge in [0.2, 0.25) is 4.77 Å². The first-order chi connectivity index (χ1) is 7.20. The van der Waals surface area contributed by atoms with Crippen molar-refractivity contribution in [3.8, 4) is 11.4 Å². The number of rotatable bonds is 2. The molecule has 0 bridgehead atoms. The third kappa shape index (κ3) is 1.99. The smallest absolute Gasteiger partial charge is 0.216 e. The van der Waals surface area contributed by atoms with Crippen LogP contribution in [-0.4, -0.2) is 14.8 Å². The first-order valence-electron chi connectivity index (χ1n) is 4.93. The third-order valence-corrected chi connectivity index (χ3v) is 2.77. The van der Waals surface area contributed by atoms with Crippen LogP contribution in [0.1, 0.15) is 12.5 Å². The Morgan fingerprint density at radius 2 is 2.00 bits per heavy atom. The van der Waals surface area contributed by atoms with Gasteiger partial charge in [0.25, 0.3) is 0 Å². The van der Waals surface area contributed by atoms with E-state index in [4.69, 9.17) is 12.2 Å². The van der Waals surface area contributed by atoms with Crippen LogP contribution in [0.4, 0.5) is 0 Å². The monoisotopic (exact) mass is 219 g/mol. The lowest BCUT2D eigenvalue weighted by Gasteiger charge is -1.98. The van der Waals surface area contributed by atoms with Crippen molar-refractivity contribution < 1.29 is 0 Å². The van der Waals surface area contributed by atoms with E-state index < -0.39 is 0 Å². The van der Waals surface area contributed by atoms with Crippen molar-refractivity contribution in [2.45, 2.75) is 13.3 Å². The van der Waals surface area contributed by atoms with Gasteiger partial charge in [0.15, 0.2) is 5.82 Å². The maximum absolute atomic E-state index is 5.04. The molecule has 4 heteroatoms. The van der Waals surface area contributed by atoms with E-state index >= 15 is 0 Å². The van der Waals surface area contributed by atoms with Crippen LogP contribution in [0.15, 0.2) is 24.3 Å². The van der Waals surface area contributed by atoms with Gasteiger partial charge in [-0.15, -0.1) is 0 Å². The summed E-state index contributed by atoms with van der Waals surface area (Å²) in [5.74, 6) is 0.824. The number of aryl methyl sites for hydroxylation is 2. The van der Waals surface area contributed by atoms with Crippen molar-refractivity contribution in [1.82, 2.24) is 14.8 Å². The van der Waals surface area contributed by atoms with E-state index in [1.165, 1.54) is 5.56 Å². The fourth-order valence-corrected chi connectivity index (χ4v) is 1.57. The van der Waals surface area contributed by atoms with Crippen LogP contribution in [0.3, 0.4) is 0 Å². The SMILES string of the molecule is CCc1ccc(-c2nc(=S)n(C)[nH]2)cc1. The number of nitrogens with zero attached hydrogens (tertiary/aromatic N) is 2. The molecule has 1 aromatic heterocycles. The quantitative estimate of drug-likeness (QED) is 0.788. The van der Waals surface area contributed by atoms with Crippen LogP contribution in [0, 0.1) is 4.77 Å². The summed E-state index contributed by atoms with van der Waals surface area (Å²) in [4.78, 5) is 4.26. The van der Waals surface area contributed by atoms with E-state index in [0.29, 0.717) is 4.77 Å². The average Bonchev–Trinajstić information content (AvgIpc) is 2.59. The standard InChI is InChI=1S/C11H13N3S/c1-3-8-4-6-9(7-5-8)10-12-11(15)14(2)13-10/h4-7H,3H2,1-2H3,(H,12,13,15). The van der Waals surface area contributed by atoms with Gasteiger partial charge in [-0.3, -0.25) is 9.78 Å². The summed E-state index contributed by atoms with van der Waals surface area (Å²) >= 11 is 5.04. The molecule has 2 aromatic rings. The van der Waals surface area contributed by atoms with Crippen LogP contribution < -0.4 is 0 Å². The molecule has 0 saturated heterocycles. The average molecular weight is 219 g/mol. The van der Waals surface area contributed by atoms with Crippen molar-refractivity contribution in [2.24, 2.45) is 7.05 Å². The largest absolute Gasteiger partial charge is 0.279 e. The summed E-state index contributed by atoms with van der Waals surface area (Å²) in [6.07, 6.45) is 1.05. The Morgan fingerprint density at radius 3 is 2.47 bits per heavy atom. The van der Waals surface area contributed by atoms with E-state index in [2.05, 4.69) is 41.3 Å². The Hall–Kier alpha value is -1.42. The van der Waals surface area contributed by atoms with Gasteiger partial charge in [0, 0.05) is 12.6 Å². The molecule has 0 radical (unpaired) electrons. The second-order valence-electron chi connectivity index (χ2n) is 3.46. The number of hydrogen-bond acceptors (Lipinski definition) is 2. The van der Waals surface area contributed by atoms with E-state index in [1.807, 2.05) is 7.05 Å². The van der Waals surface area contributed by atoms with Crippen LogP contribution in [0.5, 0.6) is 0 Å². The molecule has 1 heterocycles. The summed E-state index contributed by atoms with van der Waals surface area (Å²) in [7, 11) is 1.86. The van der Waals surface area contributed by atoms with Crippen molar-refractivity contribution in [1.29, 1.82) is 0 Å². The summed E-state index contributed by atoms with van der Waals surface area (Å²) in [5.41, 5.74) is 2.40. The van der Waals surface area contributed by atoms with Crippen LogP contribution in [0.25, 0.3) is 11.4 Å². The zero-order valence-electron chi connectivity index (χ0n) is 8.82. The topological polar surface area (TPSA) is 33.6 Å². The van der Waals surface area contributed by atoms with E-state index in [0.717, 1.165) is 17.8 Å². The number of nitrogens with one attached hydrogen (secondary N) is 1. The number of benzene rings is 1. The lowest BCUT2D eigenvalue weighted by atomic mass is 10.1. The first-order valence-corrected chi connectivity index (χ1v) is 5.34. The molecule has 0 amide bonds. The van der Waals surface area contributed by atoms with E-state index in [9.17, 15) is 0 Å². The molecular formula is C11H13N3S. The fourth-order valence-electron chi connectivity index (χ4n) is 1.43. The predicted octanol–water partition coefficient (Wildman–Crippen LogP) is 2.71. The van der Waals surface area contributed by atoms with E-state index in [-0.39, 0.29) is 0 Å². The van der Waals surface area contributed by atoms with Crippen LogP contribution in [0.2, 0.25) is 0 Å². The second kappa shape index (κ2) is 3.98. The highest BCUT2D eigenvalue weighted by atomic mass is 32.1. The maximum Gasteiger partial charge on any atom is 0.216 e. The lowest BCUT2D eigenvalue weighted by Crippen LogP contribution is -1.89. The lowest BCUT2D eigenvalue weighted by molar-refractivity contribution is 0.756. The van der Waals surface area contributed by atoms with Gasteiger partial charge >= 0.3 is 0 Å². The molecule has 3 nitrogen and oxygen atoms in total.